The van der Waals surface area contributed by atoms with Crippen molar-refractivity contribution in [3.63, 3.8) is 0 Å². The highest BCUT2D eigenvalue weighted by molar-refractivity contribution is 5.92. The molecule has 1 N–H and O–H groups in total. The molecular formula is C20H35NO3. The summed E-state index contributed by atoms with van der Waals surface area (Å²) in [6.07, 6.45) is 3.71. The molecule has 2 aliphatic rings. The van der Waals surface area contributed by atoms with Crippen LogP contribution >= 0.6 is 0 Å². The van der Waals surface area contributed by atoms with Crippen LogP contribution in [-0.2, 0) is 14.4 Å². The van der Waals surface area contributed by atoms with Crippen molar-refractivity contribution in [3.8, 4) is 0 Å². The van der Waals surface area contributed by atoms with Gasteiger partial charge < -0.3 is 14.9 Å². The van der Waals surface area contributed by atoms with Gasteiger partial charge in [0, 0.05) is 11.6 Å². The topological polar surface area (TPSA) is 63.2 Å². The second kappa shape index (κ2) is 8.59. The van der Waals surface area contributed by atoms with Crippen LogP contribution in [0.2, 0.25) is 0 Å². The minimum Gasteiger partial charge on any atom is -0.349 e. The zero-order valence-electron chi connectivity index (χ0n) is 16.7. The Morgan fingerprint density at radius 1 is 0.958 bits per heavy atom. The molecule has 0 heterocycles. The maximum absolute atomic E-state index is 11.7. The minimum absolute atomic E-state index is 0.0228. The first-order chi connectivity index (χ1) is 10.8. The van der Waals surface area contributed by atoms with Crippen LogP contribution in [0.1, 0.15) is 74.7 Å². The molecule has 2 saturated carbocycles. The number of fused-ring (bicyclic) bond motifs is 2. The average Bonchev–Trinajstić information content (AvgIpc) is 2.70. The molecule has 0 aromatic carbocycles. The van der Waals surface area contributed by atoms with Gasteiger partial charge in [0.2, 0.25) is 5.91 Å². The van der Waals surface area contributed by atoms with E-state index in [1.54, 1.807) is 6.92 Å². The Kier molecular flexibility index (Phi) is 8.07. The van der Waals surface area contributed by atoms with E-state index in [0.717, 1.165) is 12.3 Å². The highest BCUT2D eigenvalue weighted by Crippen LogP contribution is 2.65. The number of rotatable bonds is 2. The van der Waals surface area contributed by atoms with E-state index in [1.165, 1.54) is 40.5 Å². The average molecular weight is 338 g/mol. The predicted octanol–water partition coefficient (Wildman–Crippen LogP) is 4.08. The molecule has 0 saturated heterocycles. The summed E-state index contributed by atoms with van der Waals surface area (Å²) in [5, 5.41) is 3.17. The molecular weight excluding hydrogens is 302 g/mol. The van der Waals surface area contributed by atoms with Crippen LogP contribution in [-0.4, -0.2) is 23.5 Å². The summed E-state index contributed by atoms with van der Waals surface area (Å²) in [5.41, 5.74) is 1.24. The first-order valence-corrected chi connectivity index (χ1v) is 8.66. The summed E-state index contributed by atoms with van der Waals surface area (Å²) in [5.74, 6) is 1.13. The number of nitrogens with one attached hydrogen (secondary N) is 1. The van der Waals surface area contributed by atoms with Crippen molar-refractivity contribution in [2.45, 2.75) is 80.7 Å². The van der Waals surface area contributed by atoms with Crippen molar-refractivity contribution in [2.24, 2.45) is 16.7 Å². The molecule has 0 aliphatic heterocycles. The van der Waals surface area contributed by atoms with Gasteiger partial charge in [-0.2, -0.15) is 0 Å². The molecule has 0 radical (unpaired) electrons. The van der Waals surface area contributed by atoms with Crippen molar-refractivity contribution < 1.29 is 14.4 Å². The van der Waals surface area contributed by atoms with Gasteiger partial charge in [0.25, 0.3) is 0 Å². The van der Waals surface area contributed by atoms with Crippen LogP contribution in [0.25, 0.3) is 0 Å². The maximum Gasteiger partial charge on any atom is 0.246 e. The Balaban J connectivity index is 0.000000558. The quantitative estimate of drug-likeness (QED) is 0.772. The number of hydrogen-bond donors (Lipinski definition) is 1. The number of carbonyl (C=O) groups excluding carboxylic acids is 3. The van der Waals surface area contributed by atoms with E-state index in [0.29, 0.717) is 17.0 Å². The standard InChI is InChI=1S/C14H23NO.2C3H6O/c1-9(2)12(16)15-11-8-10-6-7-14(11,5)13(10,3)4;2*1-3(2)4/h10-11H,1,6-8H2,2-5H3,(H,15,16);2*1-2H3. The number of carbonyl (C=O) groups is 3. The second-order valence-electron chi connectivity index (χ2n) is 8.23. The van der Waals surface area contributed by atoms with E-state index in [9.17, 15) is 14.4 Å². The first kappa shape index (κ1) is 22.6. The normalized spacial score (nSPS) is 28.7. The third-order valence-electron chi connectivity index (χ3n) is 5.49. The van der Waals surface area contributed by atoms with Gasteiger partial charge in [0.15, 0.2) is 0 Å². The van der Waals surface area contributed by atoms with Gasteiger partial charge in [-0.15, -0.1) is 0 Å². The SMILES string of the molecule is C=C(C)C(=O)NC1CC2CCC1(C)C2(C)C.CC(C)=O.CC(C)=O. The highest BCUT2D eigenvalue weighted by atomic mass is 16.2. The summed E-state index contributed by atoms with van der Waals surface area (Å²) in [4.78, 5) is 30.6. The molecule has 2 rings (SSSR count). The van der Waals surface area contributed by atoms with Gasteiger partial charge in [0.1, 0.15) is 11.6 Å². The number of Topliss-reactive ketones (excluding diaryl/α,β-unsaturated/α-hetero) is 2. The fraction of sp³-hybridized carbons (Fsp3) is 0.750. The fourth-order valence-corrected chi connectivity index (χ4v) is 3.70. The van der Waals surface area contributed by atoms with E-state index in [4.69, 9.17) is 0 Å². The van der Waals surface area contributed by atoms with Gasteiger partial charge in [-0.05, 0) is 70.6 Å². The highest BCUT2D eigenvalue weighted by Gasteiger charge is 2.61. The molecule has 4 nitrogen and oxygen atoms in total. The van der Waals surface area contributed by atoms with E-state index in [1.807, 2.05) is 0 Å². The number of hydrogen-bond acceptors (Lipinski definition) is 3. The van der Waals surface area contributed by atoms with Crippen molar-refractivity contribution in [2.75, 3.05) is 0 Å². The predicted molar refractivity (Wildman–Crippen MR) is 98.7 cm³/mol. The van der Waals surface area contributed by atoms with Crippen LogP contribution in [0.4, 0.5) is 0 Å². The van der Waals surface area contributed by atoms with E-state index in [2.05, 4.69) is 32.7 Å². The van der Waals surface area contributed by atoms with E-state index >= 15 is 0 Å². The van der Waals surface area contributed by atoms with Crippen LogP contribution in [0.15, 0.2) is 12.2 Å². The molecule has 138 valence electrons. The fourth-order valence-electron chi connectivity index (χ4n) is 3.70. The molecule has 3 atom stereocenters. The third-order valence-corrected chi connectivity index (χ3v) is 5.49. The Morgan fingerprint density at radius 3 is 1.62 bits per heavy atom. The number of amides is 1. The molecule has 0 aromatic rings. The summed E-state index contributed by atoms with van der Waals surface area (Å²) in [6, 6.07) is 0.338. The van der Waals surface area contributed by atoms with Gasteiger partial charge in [-0.25, -0.2) is 0 Å². The Morgan fingerprint density at radius 2 is 1.38 bits per heavy atom. The molecule has 24 heavy (non-hydrogen) atoms. The van der Waals surface area contributed by atoms with Gasteiger partial charge in [-0.1, -0.05) is 27.4 Å². The molecule has 4 heteroatoms. The van der Waals surface area contributed by atoms with E-state index < -0.39 is 0 Å². The summed E-state index contributed by atoms with van der Waals surface area (Å²) >= 11 is 0. The largest absolute Gasteiger partial charge is 0.349 e. The molecule has 1 amide bonds. The zero-order chi connectivity index (χ0) is 19.3. The smallest absolute Gasteiger partial charge is 0.246 e. The van der Waals surface area contributed by atoms with Crippen molar-refractivity contribution in [1.82, 2.24) is 5.32 Å². The van der Waals surface area contributed by atoms with Gasteiger partial charge in [-0.3, -0.25) is 4.79 Å². The molecule has 2 bridgehead atoms. The summed E-state index contributed by atoms with van der Waals surface area (Å²) < 4.78 is 0. The minimum atomic E-state index is 0.0228. The molecule has 0 spiro atoms. The molecule has 0 aromatic heterocycles. The Labute approximate surface area is 147 Å². The third kappa shape index (κ3) is 5.57. The van der Waals surface area contributed by atoms with E-state index in [-0.39, 0.29) is 22.9 Å². The van der Waals surface area contributed by atoms with Crippen LogP contribution in [0.5, 0.6) is 0 Å². The second-order valence-corrected chi connectivity index (χ2v) is 8.23. The lowest BCUT2D eigenvalue weighted by Crippen LogP contribution is -2.47. The lowest BCUT2D eigenvalue weighted by atomic mass is 9.69. The molecule has 2 aliphatic carbocycles. The summed E-state index contributed by atoms with van der Waals surface area (Å²) in [6.45, 7) is 18.6. The van der Waals surface area contributed by atoms with Gasteiger partial charge >= 0.3 is 0 Å². The molecule has 3 unspecified atom stereocenters. The van der Waals surface area contributed by atoms with Crippen LogP contribution < -0.4 is 5.32 Å². The van der Waals surface area contributed by atoms with Crippen LogP contribution in [0.3, 0.4) is 0 Å². The van der Waals surface area contributed by atoms with Crippen LogP contribution in [0, 0.1) is 16.7 Å². The van der Waals surface area contributed by atoms with Crippen molar-refractivity contribution >= 4 is 17.5 Å². The van der Waals surface area contributed by atoms with Crippen molar-refractivity contribution in [1.29, 1.82) is 0 Å². The first-order valence-electron chi connectivity index (χ1n) is 8.66. The number of ketones is 2. The Hall–Kier alpha value is -1.45. The maximum atomic E-state index is 11.7. The lowest BCUT2D eigenvalue weighted by molar-refractivity contribution is -0.119. The summed E-state index contributed by atoms with van der Waals surface area (Å²) in [7, 11) is 0. The molecule has 2 fully saturated rings. The van der Waals surface area contributed by atoms with Crippen molar-refractivity contribution in [3.05, 3.63) is 12.2 Å². The monoisotopic (exact) mass is 337 g/mol. The zero-order valence-corrected chi connectivity index (χ0v) is 16.7. The van der Waals surface area contributed by atoms with Gasteiger partial charge in [0.05, 0.1) is 0 Å². The lowest BCUT2D eigenvalue weighted by Gasteiger charge is -2.39. The Bertz CT molecular complexity index is 487.